The normalized spacial score (nSPS) is 10.2. The van der Waals surface area contributed by atoms with Crippen LogP contribution >= 0.6 is 15.9 Å². The molecule has 1 aromatic carbocycles. The average molecular weight is 287 g/mol. The van der Waals surface area contributed by atoms with Gasteiger partial charge in [-0.05, 0) is 28.1 Å². The fraction of sp³-hybridized carbons (Fsp3) is 0.364. The minimum atomic E-state index is -0.0583. The Kier molecular flexibility index (Phi) is 5.28. The van der Waals surface area contributed by atoms with E-state index in [2.05, 4.69) is 21.4 Å². The third-order valence-electron chi connectivity index (χ3n) is 1.77. The smallest absolute Gasteiger partial charge is 0.237 e. The van der Waals surface area contributed by atoms with Gasteiger partial charge in [0.2, 0.25) is 5.91 Å². The van der Waals surface area contributed by atoms with Gasteiger partial charge in [-0.2, -0.15) is 0 Å². The van der Waals surface area contributed by atoms with Crippen molar-refractivity contribution >= 4 is 21.8 Å². The highest BCUT2D eigenvalue weighted by molar-refractivity contribution is 9.10. The van der Waals surface area contributed by atoms with E-state index >= 15 is 0 Å². The van der Waals surface area contributed by atoms with Gasteiger partial charge in [0.15, 0.2) is 0 Å². The highest BCUT2D eigenvalue weighted by Gasteiger charge is 2.03. The fourth-order valence-electron chi connectivity index (χ4n) is 1.12. The van der Waals surface area contributed by atoms with Crippen molar-refractivity contribution in [2.45, 2.75) is 6.42 Å². The molecule has 4 nitrogen and oxygen atoms in total. The standard InChI is InChI=1S/C11H15BrN2O2/c1-14(2)13-11(15)7-8-16-10-6-4-3-5-9(10)12/h3-6H,7-8H2,1-2H3,(H,13,15). The number of hydrogen-bond acceptors (Lipinski definition) is 3. The summed E-state index contributed by atoms with van der Waals surface area (Å²) in [5, 5.41) is 1.61. The highest BCUT2D eigenvalue weighted by atomic mass is 79.9. The van der Waals surface area contributed by atoms with Crippen LogP contribution in [0.25, 0.3) is 0 Å². The van der Waals surface area contributed by atoms with Gasteiger partial charge in [-0.3, -0.25) is 10.2 Å². The molecule has 5 heteroatoms. The predicted octanol–water partition coefficient (Wildman–Crippen LogP) is 1.81. The first kappa shape index (κ1) is 13.0. The van der Waals surface area contributed by atoms with Gasteiger partial charge in [0.25, 0.3) is 0 Å². The molecule has 1 N–H and O–H groups in total. The Morgan fingerprint density at radius 3 is 2.75 bits per heavy atom. The number of para-hydroxylation sites is 1. The van der Waals surface area contributed by atoms with Crippen LogP contribution in [0.15, 0.2) is 28.7 Å². The molecular weight excluding hydrogens is 272 g/mol. The lowest BCUT2D eigenvalue weighted by Gasteiger charge is -2.12. The number of nitrogens with one attached hydrogen (secondary N) is 1. The van der Waals surface area contributed by atoms with Crippen LogP contribution in [0.3, 0.4) is 0 Å². The summed E-state index contributed by atoms with van der Waals surface area (Å²) in [6.45, 7) is 0.363. The third-order valence-corrected chi connectivity index (χ3v) is 2.43. The fourth-order valence-corrected chi connectivity index (χ4v) is 1.52. The van der Waals surface area contributed by atoms with Crippen LogP contribution in [0.2, 0.25) is 0 Å². The molecule has 0 saturated carbocycles. The number of carbonyl (C=O) groups excluding carboxylic acids is 1. The zero-order valence-corrected chi connectivity index (χ0v) is 11.0. The van der Waals surface area contributed by atoms with E-state index in [1.54, 1.807) is 19.1 Å². The van der Waals surface area contributed by atoms with Gasteiger partial charge in [-0.1, -0.05) is 12.1 Å². The molecule has 88 valence electrons. The molecule has 0 aliphatic rings. The van der Waals surface area contributed by atoms with Crippen LogP contribution in [0.1, 0.15) is 6.42 Å². The van der Waals surface area contributed by atoms with Gasteiger partial charge in [0.1, 0.15) is 5.75 Å². The maximum absolute atomic E-state index is 11.3. The van der Waals surface area contributed by atoms with Gasteiger partial charge in [0.05, 0.1) is 17.5 Å². The van der Waals surface area contributed by atoms with Crippen molar-refractivity contribution in [2.75, 3.05) is 20.7 Å². The highest BCUT2D eigenvalue weighted by Crippen LogP contribution is 2.23. The van der Waals surface area contributed by atoms with Crippen molar-refractivity contribution in [2.24, 2.45) is 0 Å². The SMILES string of the molecule is CN(C)NC(=O)CCOc1ccccc1Br. The van der Waals surface area contributed by atoms with Crippen LogP contribution in [0.4, 0.5) is 0 Å². The summed E-state index contributed by atoms with van der Waals surface area (Å²) in [6.07, 6.45) is 0.333. The second kappa shape index (κ2) is 6.50. The van der Waals surface area contributed by atoms with Gasteiger partial charge >= 0.3 is 0 Å². The van der Waals surface area contributed by atoms with Crippen molar-refractivity contribution in [3.63, 3.8) is 0 Å². The quantitative estimate of drug-likeness (QED) is 0.840. The molecular formula is C11H15BrN2O2. The lowest BCUT2D eigenvalue weighted by Crippen LogP contribution is -2.36. The summed E-state index contributed by atoms with van der Waals surface area (Å²) in [5.74, 6) is 0.692. The molecule has 0 bridgehead atoms. The Labute approximate surface area is 104 Å². The van der Waals surface area contributed by atoms with Crippen molar-refractivity contribution in [1.82, 2.24) is 10.4 Å². The van der Waals surface area contributed by atoms with Crippen LogP contribution < -0.4 is 10.2 Å². The number of rotatable bonds is 5. The van der Waals surface area contributed by atoms with E-state index in [1.807, 2.05) is 24.3 Å². The molecule has 0 saturated heterocycles. The van der Waals surface area contributed by atoms with Gasteiger partial charge in [-0.15, -0.1) is 0 Å². The first-order chi connectivity index (χ1) is 7.59. The summed E-state index contributed by atoms with van der Waals surface area (Å²) >= 11 is 3.37. The maximum atomic E-state index is 11.3. The van der Waals surface area contributed by atoms with E-state index in [0.717, 1.165) is 10.2 Å². The first-order valence-electron chi connectivity index (χ1n) is 4.93. The molecule has 16 heavy (non-hydrogen) atoms. The lowest BCUT2D eigenvalue weighted by atomic mass is 10.3. The van der Waals surface area contributed by atoms with Crippen molar-refractivity contribution in [3.8, 4) is 5.75 Å². The Hall–Kier alpha value is -1.07. The van der Waals surface area contributed by atoms with Gasteiger partial charge in [0, 0.05) is 14.1 Å². The number of carbonyl (C=O) groups is 1. The number of ether oxygens (including phenoxy) is 1. The van der Waals surface area contributed by atoms with Crippen LogP contribution in [-0.4, -0.2) is 31.6 Å². The van der Waals surface area contributed by atoms with E-state index in [-0.39, 0.29) is 5.91 Å². The number of hydrogen-bond donors (Lipinski definition) is 1. The minimum Gasteiger partial charge on any atom is -0.492 e. The van der Waals surface area contributed by atoms with Crippen molar-refractivity contribution < 1.29 is 9.53 Å². The molecule has 0 aliphatic carbocycles. The Morgan fingerprint density at radius 2 is 2.12 bits per heavy atom. The summed E-state index contributed by atoms with van der Waals surface area (Å²) in [4.78, 5) is 11.3. The molecule has 1 aromatic rings. The second-order valence-corrected chi connectivity index (χ2v) is 4.31. The molecule has 0 fully saturated rings. The molecule has 0 unspecified atom stereocenters. The summed E-state index contributed by atoms with van der Waals surface area (Å²) in [7, 11) is 3.54. The number of amides is 1. The topological polar surface area (TPSA) is 41.6 Å². The molecule has 0 spiro atoms. The molecule has 0 aliphatic heterocycles. The number of benzene rings is 1. The maximum Gasteiger partial charge on any atom is 0.237 e. The van der Waals surface area contributed by atoms with E-state index in [1.165, 1.54) is 0 Å². The Balaban J connectivity index is 2.31. The number of nitrogens with zero attached hydrogens (tertiary/aromatic N) is 1. The zero-order valence-electron chi connectivity index (χ0n) is 9.37. The first-order valence-corrected chi connectivity index (χ1v) is 5.73. The molecule has 0 atom stereocenters. The second-order valence-electron chi connectivity index (χ2n) is 3.46. The van der Waals surface area contributed by atoms with E-state index in [4.69, 9.17) is 4.74 Å². The Morgan fingerprint density at radius 1 is 1.44 bits per heavy atom. The molecule has 0 heterocycles. The van der Waals surface area contributed by atoms with Gasteiger partial charge in [-0.25, -0.2) is 5.01 Å². The molecule has 0 radical (unpaired) electrons. The van der Waals surface area contributed by atoms with Crippen LogP contribution in [-0.2, 0) is 4.79 Å². The Bertz CT molecular complexity index is 356. The van der Waals surface area contributed by atoms with Crippen LogP contribution in [0.5, 0.6) is 5.75 Å². The molecule has 1 rings (SSSR count). The number of halogens is 1. The summed E-state index contributed by atoms with van der Waals surface area (Å²) in [6, 6.07) is 7.55. The predicted molar refractivity (Wildman–Crippen MR) is 66.1 cm³/mol. The van der Waals surface area contributed by atoms with E-state index in [9.17, 15) is 4.79 Å². The number of hydrazine groups is 1. The van der Waals surface area contributed by atoms with Crippen molar-refractivity contribution in [1.29, 1.82) is 0 Å². The third kappa shape index (κ3) is 4.63. The molecule has 1 amide bonds. The zero-order chi connectivity index (χ0) is 12.0. The van der Waals surface area contributed by atoms with Crippen LogP contribution in [0, 0.1) is 0 Å². The monoisotopic (exact) mass is 286 g/mol. The largest absolute Gasteiger partial charge is 0.492 e. The average Bonchev–Trinajstić information content (AvgIpc) is 2.19. The summed E-state index contributed by atoms with van der Waals surface area (Å²) < 4.78 is 6.35. The lowest BCUT2D eigenvalue weighted by molar-refractivity contribution is -0.125. The van der Waals surface area contributed by atoms with Gasteiger partial charge < -0.3 is 4.74 Å². The molecule has 0 aromatic heterocycles. The minimum absolute atomic E-state index is 0.0583. The van der Waals surface area contributed by atoms with E-state index < -0.39 is 0 Å². The van der Waals surface area contributed by atoms with E-state index in [0.29, 0.717) is 13.0 Å². The van der Waals surface area contributed by atoms with Crippen molar-refractivity contribution in [3.05, 3.63) is 28.7 Å². The summed E-state index contributed by atoms with van der Waals surface area (Å²) in [5.41, 5.74) is 2.65.